The lowest BCUT2D eigenvalue weighted by molar-refractivity contribution is -0.401. The van der Waals surface area contributed by atoms with Crippen LogP contribution in [0.4, 0.5) is 11.4 Å². The molecule has 4 aromatic rings. The minimum Gasteiger partial charge on any atom is -0.347 e. The molecular weight excluding hydrogens is 601 g/mol. The molecule has 2 aliphatic heterocycles. The van der Waals surface area contributed by atoms with Crippen molar-refractivity contribution < 1.29 is 4.58 Å². The number of likely N-dealkylation sites (N-methyl/N-ethyl adjacent to an activating group) is 1. The van der Waals surface area contributed by atoms with Crippen LogP contribution in [0, 0.1) is 0 Å². The third-order valence-corrected chi connectivity index (χ3v) is 13.3. The van der Waals surface area contributed by atoms with E-state index in [1.807, 2.05) is 0 Å². The molecule has 4 aliphatic rings. The Labute approximate surface area is 291 Å². The second kappa shape index (κ2) is 11.9. The van der Waals surface area contributed by atoms with Crippen molar-refractivity contribution in [3.05, 3.63) is 130 Å². The summed E-state index contributed by atoms with van der Waals surface area (Å²) in [4.78, 5) is 3.98. The van der Waals surface area contributed by atoms with E-state index in [2.05, 4.69) is 160 Å². The predicted octanol–water partition coefficient (Wildman–Crippen LogP) is 11.9. The normalized spacial score (nSPS) is 22.3. The Kier molecular flexibility index (Phi) is 7.83. The number of anilines is 1. The first-order chi connectivity index (χ1) is 23.2. The summed E-state index contributed by atoms with van der Waals surface area (Å²) in [5.74, 6) is 0. The Hall–Kier alpha value is -3.82. The average molecular weight is 650 g/mol. The van der Waals surface area contributed by atoms with Crippen molar-refractivity contribution in [1.82, 2.24) is 0 Å². The van der Waals surface area contributed by atoms with Gasteiger partial charge in [-0.15, -0.1) is 11.8 Å². The Morgan fingerprint density at radius 2 is 1.40 bits per heavy atom. The summed E-state index contributed by atoms with van der Waals surface area (Å²) in [6.45, 7) is 9.62. The summed E-state index contributed by atoms with van der Waals surface area (Å²) in [6.07, 6.45) is 18.8. The van der Waals surface area contributed by atoms with Crippen molar-refractivity contribution in [2.75, 3.05) is 19.0 Å². The van der Waals surface area contributed by atoms with Crippen LogP contribution in [0.15, 0.2) is 119 Å². The smallest absolute Gasteiger partial charge is 0.210 e. The molecule has 2 aliphatic carbocycles. The van der Waals surface area contributed by atoms with Gasteiger partial charge in [0.15, 0.2) is 5.71 Å². The van der Waals surface area contributed by atoms with Crippen LogP contribution in [0.5, 0.6) is 0 Å². The van der Waals surface area contributed by atoms with Crippen LogP contribution in [0.3, 0.4) is 0 Å². The Balaban J connectivity index is 1.18. The molecule has 0 N–H and O–H groups in total. The molecule has 0 atom stereocenters. The molecule has 8 rings (SSSR count). The molecule has 48 heavy (non-hydrogen) atoms. The van der Waals surface area contributed by atoms with Crippen LogP contribution in [0.1, 0.15) is 83.8 Å². The van der Waals surface area contributed by atoms with Gasteiger partial charge in [-0.05, 0) is 102 Å². The van der Waals surface area contributed by atoms with Gasteiger partial charge >= 0.3 is 0 Å². The highest BCUT2D eigenvalue weighted by atomic mass is 32.2. The van der Waals surface area contributed by atoms with E-state index in [-0.39, 0.29) is 10.8 Å². The quantitative estimate of drug-likeness (QED) is 0.199. The Bertz CT molecular complexity index is 2110. The number of rotatable bonds is 5. The lowest BCUT2D eigenvalue weighted by atomic mass is 9.78. The van der Waals surface area contributed by atoms with Crippen molar-refractivity contribution in [3.8, 4) is 0 Å². The van der Waals surface area contributed by atoms with Gasteiger partial charge in [0, 0.05) is 51.7 Å². The number of hydrogen-bond donors (Lipinski definition) is 0. The van der Waals surface area contributed by atoms with Gasteiger partial charge in [0.1, 0.15) is 7.05 Å². The van der Waals surface area contributed by atoms with Crippen LogP contribution in [0.25, 0.3) is 21.5 Å². The van der Waals surface area contributed by atoms with E-state index >= 15 is 0 Å². The second-order valence-corrected chi connectivity index (χ2v) is 16.7. The fraction of sp³-hybridized carbons (Fsp3) is 0.356. The van der Waals surface area contributed by atoms with Gasteiger partial charge in [0.25, 0.3) is 0 Å². The number of benzene rings is 4. The second-order valence-electron chi connectivity index (χ2n) is 15.4. The van der Waals surface area contributed by atoms with Gasteiger partial charge < -0.3 is 4.90 Å². The summed E-state index contributed by atoms with van der Waals surface area (Å²) < 4.78 is 2.44. The first-order valence-corrected chi connectivity index (χ1v) is 18.9. The van der Waals surface area contributed by atoms with Crippen molar-refractivity contribution in [3.63, 3.8) is 0 Å². The standard InChI is InChI=1S/C45H49N2S/c1-44(2)39(46(5)37-26-22-30-14-7-11-20-35(30)41(37)44)28-24-32-16-13-17-33(43(32)48-34-18-9-10-19-34)25-29-40-45(3,4)42-36-21-12-8-15-31(36)23-27-38(42)47(40)6/h7-8,11-12,14-15,20-29,34H,9-10,13,16-19H2,1-6H3/q+1. The monoisotopic (exact) mass is 649 g/mol. The number of allylic oxidation sites excluding steroid dienone is 7. The maximum atomic E-state index is 2.49. The molecule has 0 radical (unpaired) electrons. The summed E-state index contributed by atoms with van der Waals surface area (Å²) in [6, 6.07) is 26.9. The van der Waals surface area contributed by atoms with Gasteiger partial charge in [-0.25, -0.2) is 0 Å². The fourth-order valence-corrected chi connectivity index (χ4v) is 10.8. The van der Waals surface area contributed by atoms with E-state index in [1.54, 1.807) is 4.91 Å². The first kappa shape index (κ1) is 31.4. The molecule has 1 saturated carbocycles. The lowest BCUT2D eigenvalue weighted by Crippen LogP contribution is -2.27. The van der Waals surface area contributed by atoms with Crippen LogP contribution in [0.2, 0.25) is 0 Å². The molecule has 0 bridgehead atoms. The van der Waals surface area contributed by atoms with Crippen molar-refractivity contribution in [2.24, 2.45) is 0 Å². The van der Waals surface area contributed by atoms with E-state index in [9.17, 15) is 0 Å². The third-order valence-electron chi connectivity index (χ3n) is 11.7. The summed E-state index contributed by atoms with van der Waals surface area (Å²) in [5.41, 5.74) is 11.2. The zero-order chi connectivity index (χ0) is 33.2. The van der Waals surface area contributed by atoms with Crippen LogP contribution in [-0.4, -0.2) is 29.6 Å². The zero-order valence-corrected chi connectivity index (χ0v) is 30.4. The Morgan fingerprint density at radius 1 is 0.729 bits per heavy atom. The number of fused-ring (bicyclic) bond motifs is 6. The molecule has 4 aromatic carbocycles. The highest BCUT2D eigenvalue weighted by molar-refractivity contribution is 8.03. The van der Waals surface area contributed by atoms with E-state index in [0.29, 0.717) is 0 Å². The topological polar surface area (TPSA) is 6.25 Å². The zero-order valence-electron chi connectivity index (χ0n) is 29.6. The predicted molar refractivity (Wildman–Crippen MR) is 209 cm³/mol. The highest BCUT2D eigenvalue weighted by Crippen LogP contribution is 2.51. The third kappa shape index (κ3) is 5.04. The number of thioether (sulfide) groups is 1. The lowest BCUT2D eigenvalue weighted by Gasteiger charge is -2.26. The van der Waals surface area contributed by atoms with E-state index in [4.69, 9.17) is 0 Å². The maximum Gasteiger partial charge on any atom is 0.210 e. The highest BCUT2D eigenvalue weighted by Gasteiger charge is 2.44. The van der Waals surface area contributed by atoms with Crippen molar-refractivity contribution >= 4 is 50.4 Å². The molecule has 2 nitrogen and oxygen atoms in total. The molecular formula is C45H49N2S+. The van der Waals surface area contributed by atoms with Gasteiger partial charge in [0.05, 0.1) is 5.41 Å². The minimum atomic E-state index is -0.0731. The molecule has 0 saturated heterocycles. The summed E-state index contributed by atoms with van der Waals surface area (Å²) >= 11 is 2.18. The van der Waals surface area contributed by atoms with E-state index in [1.165, 1.54) is 98.7 Å². The van der Waals surface area contributed by atoms with Gasteiger partial charge in [0.2, 0.25) is 5.69 Å². The maximum absolute atomic E-state index is 2.49. The fourth-order valence-electron chi connectivity index (χ4n) is 9.29. The average Bonchev–Trinajstić information content (AvgIpc) is 3.72. The van der Waals surface area contributed by atoms with Crippen LogP contribution in [-0.2, 0) is 10.8 Å². The molecule has 0 aromatic heterocycles. The van der Waals surface area contributed by atoms with Gasteiger partial charge in [-0.2, -0.15) is 4.58 Å². The Morgan fingerprint density at radius 3 is 2.12 bits per heavy atom. The van der Waals surface area contributed by atoms with Crippen molar-refractivity contribution in [2.45, 2.75) is 88.7 Å². The van der Waals surface area contributed by atoms with E-state index in [0.717, 1.165) is 18.1 Å². The first-order valence-electron chi connectivity index (χ1n) is 18.0. The largest absolute Gasteiger partial charge is 0.347 e. The van der Waals surface area contributed by atoms with Gasteiger partial charge in [-0.1, -0.05) is 93.4 Å². The molecule has 2 heterocycles. The molecule has 244 valence electrons. The molecule has 0 spiro atoms. The molecule has 1 fully saturated rings. The number of nitrogens with zero attached hydrogens (tertiary/aromatic N) is 2. The molecule has 3 heteroatoms. The minimum absolute atomic E-state index is 0.0731. The molecule has 0 amide bonds. The van der Waals surface area contributed by atoms with Crippen LogP contribution < -0.4 is 4.90 Å². The van der Waals surface area contributed by atoms with Gasteiger partial charge in [-0.3, -0.25) is 0 Å². The molecule has 0 unspecified atom stereocenters. The SMILES string of the molecule is CN1/C(=C/C=C2\CCCC(/C=C/C3=[N+](C)c4ccc5ccccc5c4C3(C)C)=C2SC2CCCC2)C(C)(C)c2c1ccc1ccccc21. The van der Waals surface area contributed by atoms with Crippen molar-refractivity contribution in [1.29, 1.82) is 0 Å². The number of hydrogen-bond acceptors (Lipinski definition) is 2. The van der Waals surface area contributed by atoms with Crippen LogP contribution >= 0.6 is 11.8 Å². The van der Waals surface area contributed by atoms with E-state index < -0.39 is 0 Å². The summed E-state index contributed by atoms with van der Waals surface area (Å²) in [7, 11) is 4.51. The summed E-state index contributed by atoms with van der Waals surface area (Å²) in [5, 5.41) is 6.12.